The predicted octanol–water partition coefficient (Wildman–Crippen LogP) is 4.74. The van der Waals surface area contributed by atoms with Crippen LogP contribution in [0.2, 0.25) is 0 Å². The molecule has 1 saturated heterocycles. The maximum absolute atomic E-state index is 14.0. The lowest BCUT2D eigenvalue weighted by molar-refractivity contribution is 0.0722. The smallest absolute Gasteiger partial charge is 0.357 e. The molecule has 1 aliphatic heterocycles. The van der Waals surface area contributed by atoms with E-state index >= 15 is 0 Å². The molecule has 1 aromatic heterocycles. The lowest BCUT2D eigenvalue weighted by Gasteiger charge is -2.29. The minimum absolute atomic E-state index is 0.116. The maximum atomic E-state index is 14.0. The Morgan fingerprint density at radius 3 is 2.30 bits per heavy atom. The second-order valence-electron chi connectivity index (χ2n) is 7.81. The summed E-state index contributed by atoms with van der Waals surface area (Å²) in [6.07, 6.45) is 2.64. The van der Waals surface area contributed by atoms with Crippen molar-refractivity contribution in [3.63, 3.8) is 0 Å². The summed E-state index contributed by atoms with van der Waals surface area (Å²) in [4.78, 5) is 19.1. The molecular formula is C21H24F5N3O3S. The lowest BCUT2D eigenvalue weighted by Crippen LogP contribution is -2.32. The zero-order chi connectivity index (χ0) is 24.1. The zero-order valence-corrected chi connectivity index (χ0v) is 19.0. The van der Waals surface area contributed by atoms with Crippen LogP contribution in [0.5, 0.6) is 5.75 Å². The van der Waals surface area contributed by atoms with E-state index in [0.29, 0.717) is 37.0 Å². The third-order valence-corrected chi connectivity index (χ3v) is 6.29. The summed E-state index contributed by atoms with van der Waals surface area (Å²) in [6, 6.07) is 0. The van der Waals surface area contributed by atoms with Crippen LogP contribution >= 0.6 is 11.3 Å². The summed E-state index contributed by atoms with van der Waals surface area (Å²) in [7, 11) is 1.53. The second-order valence-corrected chi connectivity index (χ2v) is 8.89. The molecule has 0 amide bonds. The Labute approximate surface area is 191 Å². The van der Waals surface area contributed by atoms with Gasteiger partial charge < -0.3 is 14.8 Å². The van der Waals surface area contributed by atoms with E-state index in [2.05, 4.69) is 26.9 Å². The lowest BCUT2D eigenvalue weighted by atomic mass is 9.99. The number of nitrogens with zero attached hydrogens (tertiary/aromatic N) is 2. The molecule has 2 aromatic rings. The molecule has 0 bridgehead atoms. The molecule has 1 aromatic carbocycles. The maximum Gasteiger partial charge on any atom is 0.357 e. The first-order chi connectivity index (χ1) is 15.7. The van der Waals surface area contributed by atoms with E-state index in [1.54, 1.807) is 0 Å². The molecule has 0 saturated carbocycles. The van der Waals surface area contributed by atoms with Crippen molar-refractivity contribution in [1.29, 1.82) is 0 Å². The molecule has 182 valence electrons. The Hall–Kier alpha value is -2.31. The number of methoxy groups -OCH3 is 1. The van der Waals surface area contributed by atoms with Gasteiger partial charge in [-0.2, -0.15) is 8.78 Å². The fourth-order valence-corrected chi connectivity index (χ4v) is 4.30. The van der Waals surface area contributed by atoms with E-state index in [1.165, 1.54) is 7.11 Å². The standard InChI is InChI=1S/C21H24F5N3O3S/c1-11-4-7-29(8-5-11)10-12-28-20(27-6-3-9-31-2)19(33-12)21(30)32-18-16(25)14(23)13(22)15(24)17(18)26/h11,27H,3-10H2,1-2H3. The quantitative estimate of drug-likeness (QED) is 0.136. The van der Waals surface area contributed by atoms with E-state index in [1.807, 2.05) is 0 Å². The number of likely N-dealkylation sites (tertiary alicyclic amines) is 1. The molecule has 3 rings (SSSR count). The van der Waals surface area contributed by atoms with Crippen molar-refractivity contribution in [3.05, 3.63) is 39.0 Å². The summed E-state index contributed by atoms with van der Waals surface area (Å²) < 4.78 is 77.7. The van der Waals surface area contributed by atoms with Crippen molar-refractivity contribution in [3.8, 4) is 5.75 Å². The van der Waals surface area contributed by atoms with Crippen molar-refractivity contribution in [2.24, 2.45) is 5.92 Å². The number of esters is 1. The van der Waals surface area contributed by atoms with Crippen molar-refractivity contribution in [2.75, 3.05) is 38.7 Å². The molecule has 12 heteroatoms. The predicted molar refractivity (Wildman–Crippen MR) is 112 cm³/mol. The molecule has 0 aliphatic carbocycles. The van der Waals surface area contributed by atoms with Crippen LogP contribution in [0.3, 0.4) is 0 Å². The van der Waals surface area contributed by atoms with E-state index in [4.69, 9.17) is 4.74 Å². The molecule has 0 spiro atoms. The zero-order valence-electron chi connectivity index (χ0n) is 18.2. The first-order valence-corrected chi connectivity index (χ1v) is 11.2. The number of halogens is 5. The number of thiazole rings is 1. The van der Waals surface area contributed by atoms with Gasteiger partial charge >= 0.3 is 5.97 Å². The molecule has 6 nitrogen and oxygen atoms in total. The molecular weight excluding hydrogens is 469 g/mol. The van der Waals surface area contributed by atoms with Crippen molar-refractivity contribution < 1.29 is 36.2 Å². The number of carbonyl (C=O) groups excluding carboxylic acids is 1. The van der Waals surface area contributed by atoms with Crippen molar-refractivity contribution in [2.45, 2.75) is 32.7 Å². The number of aromatic nitrogens is 1. The summed E-state index contributed by atoms with van der Waals surface area (Å²) in [6.45, 7) is 5.18. The van der Waals surface area contributed by atoms with E-state index in [-0.39, 0.29) is 10.7 Å². The Morgan fingerprint density at radius 2 is 1.70 bits per heavy atom. The van der Waals surface area contributed by atoms with Gasteiger partial charge in [0.1, 0.15) is 5.01 Å². The number of anilines is 1. The fraction of sp³-hybridized carbons (Fsp3) is 0.524. The van der Waals surface area contributed by atoms with Gasteiger partial charge in [0.25, 0.3) is 0 Å². The van der Waals surface area contributed by atoms with Crippen LogP contribution in [-0.2, 0) is 11.3 Å². The molecule has 0 radical (unpaired) electrons. The van der Waals surface area contributed by atoms with Crippen LogP contribution in [0.25, 0.3) is 0 Å². The number of carbonyl (C=O) groups is 1. The van der Waals surface area contributed by atoms with E-state index in [9.17, 15) is 26.7 Å². The average Bonchev–Trinajstić information content (AvgIpc) is 3.21. The topological polar surface area (TPSA) is 63.7 Å². The Kier molecular flexibility index (Phi) is 8.60. The number of benzene rings is 1. The highest BCUT2D eigenvalue weighted by molar-refractivity contribution is 7.14. The van der Waals surface area contributed by atoms with Gasteiger partial charge in [-0.3, -0.25) is 4.90 Å². The van der Waals surface area contributed by atoms with E-state index in [0.717, 1.165) is 37.3 Å². The van der Waals surface area contributed by atoms with Gasteiger partial charge in [0.2, 0.25) is 34.8 Å². The number of hydrogen-bond acceptors (Lipinski definition) is 7. The highest BCUT2D eigenvalue weighted by Crippen LogP contribution is 2.32. The van der Waals surface area contributed by atoms with Gasteiger partial charge in [-0.25, -0.2) is 22.9 Å². The van der Waals surface area contributed by atoms with Gasteiger partial charge in [-0.1, -0.05) is 6.92 Å². The largest absolute Gasteiger partial charge is 0.416 e. The van der Waals surface area contributed by atoms with Gasteiger partial charge in [0, 0.05) is 20.3 Å². The molecule has 0 atom stereocenters. The van der Waals surface area contributed by atoms with Crippen LogP contribution in [0.1, 0.15) is 40.9 Å². The molecule has 1 fully saturated rings. The highest BCUT2D eigenvalue weighted by atomic mass is 32.1. The SMILES string of the molecule is COCCCNc1nc(CN2CCC(C)CC2)sc1C(=O)Oc1c(F)c(F)c(F)c(F)c1F. The molecule has 1 aliphatic rings. The van der Waals surface area contributed by atoms with Crippen molar-refractivity contribution in [1.82, 2.24) is 9.88 Å². The summed E-state index contributed by atoms with van der Waals surface area (Å²) in [5.41, 5.74) is 0. The number of hydrogen-bond donors (Lipinski definition) is 1. The van der Waals surface area contributed by atoms with Gasteiger partial charge in [-0.05, 0) is 38.3 Å². The summed E-state index contributed by atoms with van der Waals surface area (Å²) in [5.74, 6) is -13.3. The Morgan fingerprint density at radius 1 is 1.09 bits per heavy atom. The monoisotopic (exact) mass is 493 g/mol. The van der Waals surface area contributed by atoms with Crippen LogP contribution in [-0.4, -0.2) is 49.2 Å². The summed E-state index contributed by atoms with van der Waals surface area (Å²) >= 11 is 0.941. The number of ether oxygens (including phenoxy) is 2. The number of rotatable bonds is 9. The third-order valence-electron chi connectivity index (χ3n) is 5.27. The second kappa shape index (κ2) is 11.2. The minimum Gasteiger partial charge on any atom is -0.416 e. The third kappa shape index (κ3) is 5.98. The molecule has 33 heavy (non-hydrogen) atoms. The Bertz CT molecular complexity index is 967. The minimum atomic E-state index is -2.33. The summed E-state index contributed by atoms with van der Waals surface area (Å²) in [5, 5.41) is 3.50. The first-order valence-electron chi connectivity index (χ1n) is 10.4. The van der Waals surface area contributed by atoms with Crippen LogP contribution in [0.15, 0.2) is 0 Å². The molecule has 0 unspecified atom stereocenters. The average molecular weight is 493 g/mol. The van der Waals surface area contributed by atoms with Crippen molar-refractivity contribution >= 4 is 23.1 Å². The van der Waals surface area contributed by atoms with E-state index < -0.39 is 40.8 Å². The Balaban J connectivity index is 1.83. The fourth-order valence-electron chi connectivity index (χ4n) is 3.34. The van der Waals surface area contributed by atoms with Crippen LogP contribution in [0, 0.1) is 35.0 Å². The molecule has 2 heterocycles. The number of piperidine rings is 1. The van der Waals surface area contributed by atoms with Gasteiger partial charge in [0.05, 0.1) is 6.54 Å². The normalized spacial score (nSPS) is 15.1. The van der Waals surface area contributed by atoms with Gasteiger partial charge in [0.15, 0.2) is 10.7 Å². The highest BCUT2D eigenvalue weighted by Gasteiger charge is 2.30. The first kappa shape index (κ1) is 25.3. The van der Waals surface area contributed by atoms with Crippen LogP contribution in [0.4, 0.5) is 27.8 Å². The van der Waals surface area contributed by atoms with Crippen LogP contribution < -0.4 is 10.1 Å². The van der Waals surface area contributed by atoms with Gasteiger partial charge in [-0.15, -0.1) is 11.3 Å². The number of nitrogens with one attached hydrogen (secondary N) is 1. The molecule has 1 N–H and O–H groups in total.